The third-order valence-corrected chi connectivity index (χ3v) is 7.60. The maximum atomic E-state index is 13.4. The van der Waals surface area contributed by atoms with Gasteiger partial charge in [0.2, 0.25) is 0 Å². The van der Waals surface area contributed by atoms with E-state index in [0.717, 1.165) is 28.1 Å². The van der Waals surface area contributed by atoms with Crippen molar-refractivity contribution in [3.05, 3.63) is 94.9 Å². The number of esters is 1. The topological polar surface area (TPSA) is 144 Å². The molecule has 6 rings (SSSR count). The van der Waals surface area contributed by atoms with E-state index >= 15 is 0 Å². The number of cyclic esters (lactones) is 1. The highest BCUT2D eigenvalue weighted by atomic mass is 16.6. The summed E-state index contributed by atoms with van der Waals surface area (Å²) in [6.45, 7) is 2.84. The highest BCUT2D eigenvalue weighted by Gasteiger charge is 2.30. The first-order chi connectivity index (χ1) is 21.4. The highest BCUT2D eigenvalue weighted by molar-refractivity contribution is 6.04. The molecule has 222 valence electrons. The number of nitrogens with one attached hydrogen (secondary N) is 2. The van der Waals surface area contributed by atoms with Crippen LogP contribution in [-0.2, 0) is 20.9 Å². The second kappa shape index (κ2) is 12.3. The summed E-state index contributed by atoms with van der Waals surface area (Å²) in [7, 11) is 0. The summed E-state index contributed by atoms with van der Waals surface area (Å²) < 4.78 is 6.50. The Kier molecular flexibility index (Phi) is 7.97. The van der Waals surface area contributed by atoms with Crippen LogP contribution in [0.5, 0.6) is 0 Å². The van der Waals surface area contributed by atoms with Crippen molar-refractivity contribution in [3.63, 3.8) is 0 Å². The molecule has 1 fully saturated rings. The lowest BCUT2D eigenvalue weighted by Crippen LogP contribution is -2.41. The fourth-order valence-electron chi connectivity index (χ4n) is 5.42. The van der Waals surface area contributed by atoms with Crippen LogP contribution in [0.25, 0.3) is 11.7 Å². The Morgan fingerprint density at radius 3 is 2.80 bits per heavy atom. The van der Waals surface area contributed by atoms with Crippen LogP contribution in [0.1, 0.15) is 53.2 Å². The lowest BCUT2D eigenvalue weighted by Gasteiger charge is -2.35. The average molecular weight is 590 g/mol. The zero-order valence-corrected chi connectivity index (χ0v) is 24.1. The largest absolute Gasteiger partial charge is 0.452 e. The molecular weight excluding hydrogens is 558 g/mol. The van der Waals surface area contributed by atoms with E-state index in [0.29, 0.717) is 31.6 Å². The van der Waals surface area contributed by atoms with Crippen LogP contribution in [0, 0.1) is 11.8 Å². The van der Waals surface area contributed by atoms with E-state index in [-0.39, 0.29) is 41.6 Å². The van der Waals surface area contributed by atoms with E-state index < -0.39 is 6.10 Å². The second-order valence-corrected chi connectivity index (χ2v) is 10.6. The lowest BCUT2D eigenvalue weighted by molar-refractivity contribution is -0.148. The molecule has 4 aromatic rings. The monoisotopic (exact) mass is 589 g/mol. The molecule has 2 aromatic heterocycles. The normalized spacial score (nSPS) is 16.3. The quantitative estimate of drug-likeness (QED) is 0.170. The molecule has 11 nitrogen and oxygen atoms in total. The van der Waals surface area contributed by atoms with Gasteiger partial charge >= 0.3 is 5.97 Å². The van der Waals surface area contributed by atoms with E-state index in [9.17, 15) is 14.4 Å². The summed E-state index contributed by atoms with van der Waals surface area (Å²) >= 11 is 0. The number of nitrogens with two attached hydrogens (primary N) is 1. The molecule has 11 heteroatoms. The van der Waals surface area contributed by atoms with Gasteiger partial charge in [0.25, 0.3) is 11.8 Å². The summed E-state index contributed by atoms with van der Waals surface area (Å²) in [6.07, 6.45) is 5.79. The van der Waals surface area contributed by atoms with Gasteiger partial charge in [-0.15, -0.1) is 5.10 Å². The molecule has 2 aliphatic rings. The summed E-state index contributed by atoms with van der Waals surface area (Å²) in [5, 5.41) is 10.1. The molecule has 0 aliphatic carbocycles. The van der Waals surface area contributed by atoms with Gasteiger partial charge in [0.15, 0.2) is 17.6 Å². The molecule has 0 bridgehead atoms. The first-order valence-electron chi connectivity index (χ1n) is 14.4. The van der Waals surface area contributed by atoms with E-state index in [2.05, 4.69) is 43.5 Å². The van der Waals surface area contributed by atoms with Gasteiger partial charge in [-0.05, 0) is 48.4 Å². The molecule has 2 atom stereocenters. The Hall–Kier alpha value is -5.63. The van der Waals surface area contributed by atoms with Crippen molar-refractivity contribution in [2.45, 2.75) is 44.9 Å². The standard InChI is InChI=1S/C33H31N7O4/c1-21(37-33(43)29-30(34)38-40-18-8-17-35-31(29)40)26-19-23-11-7-10-22(25(23)20-39(26)24-12-3-2-4-13-24)9-5-6-16-36-32(42)27-14-15-28(41)44-27/h2-4,7-8,10-13,17-19,21,27H,6,14-16,20H2,1H3,(H2,34,38)(H,36,42)(H,37,43). The van der Waals surface area contributed by atoms with Gasteiger partial charge in [0, 0.05) is 61.7 Å². The molecule has 2 amide bonds. The number of ether oxygens (including phenoxy) is 1. The fourth-order valence-corrected chi connectivity index (χ4v) is 5.42. The van der Waals surface area contributed by atoms with Crippen molar-refractivity contribution in [1.82, 2.24) is 25.2 Å². The van der Waals surface area contributed by atoms with Crippen LogP contribution in [-0.4, -0.2) is 51.1 Å². The smallest absolute Gasteiger partial charge is 0.306 e. The number of hydrogen-bond acceptors (Lipinski definition) is 8. The molecule has 0 radical (unpaired) electrons. The lowest BCUT2D eigenvalue weighted by atomic mass is 9.94. The summed E-state index contributed by atoms with van der Waals surface area (Å²) in [6, 6.07) is 17.3. The molecule has 4 N–H and O–H groups in total. The number of carbonyl (C=O) groups is 3. The third kappa shape index (κ3) is 5.83. The number of hydrogen-bond donors (Lipinski definition) is 3. The van der Waals surface area contributed by atoms with Crippen molar-refractivity contribution in [2.24, 2.45) is 0 Å². The fraction of sp³-hybridized carbons (Fsp3) is 0.242. The third-order valence-electron chi connectivity index (χ3n) is 7.60. The van der Waals surface area contributed by atoms with Crippen LogP contribution in [0.2, 0.25) is 0 Å². The van der Waals surface area contributed by atoms with Crippen LogP contribution in [0.15, 0.2) is 72.7 Å². The molecule has 44 heavy (non-hydrogen) atoms. The number of nitrogen functional groups attached to an aromatic ring is 1. The Morgan fingerprint density at radius 2 is 2.00 bits per heavy atom. The van der Waals surface area contributed by atoms with Crippen LogP contribution in [0.3, 0.4) is 0 Å². The van der Waals surface area contributed by atoms with Crippen molar-refractivity contribution >= 4 is 41.0 Å². The molecule has 1 saturated heterocycles. The van der Waals surface area contributed by atoms with E-state index in [4.69, 9.17) is 10.5 Å². The van der Waals surface area contributed by atoms with Crippen LogP contribution in [0.4, 0.5) is 11.5 Å². The predicted octanol–water partition coefficient (Wildman–Crippen LogP) is 3.05. The number of aromatic nitrogens is 3. The maximum Gasteiger partial charge on any atom is 0.306 e. The van der Waals surface area contributed by atoms with Crippen LogP contribution < -0.4 is 21.3 Å². The number of nitrogens with zero attached hydrogens (tertiary/aromatic N) is 4. The first kappa shape index (κ1) is 28.5. The molecule has 4 heterocycles. The Bertz CT molecular complexity index is 1840. The van der Waals surface area contributed by atoms with Crippen molar-refractivity contribution in [1.29, 1.82) is 0 Å². The minimum Gasteiger partial charge on any atom is -0.452 e. The van der Waals surface area contributed by atoms with Gasteiger partial charge < -0.3 is 26.0 Å². The number of carbonyl (C=O) groups excluding carboxylic acids is 3. The Labute approximate surface area is 254 Å². The first-order valence-corrected chi connectivity index (χ1v) is 14.4. The van der Waals surface area contributed by atoms with Gasteiger partial charge in [-0.3, -0.25) is 14.4 Å². The molecular formula is C33H31N7O4. The number of amides is 2. The van der Waals surface area contributed by atoms with Crippen molar-refractivity contribution < 1.29 is 19.1 Å². The van der Waals surface area contributed by atoms with E-state index in [1.165, 1.54) is 4.52 Å². The van der Waals surface area contributed by atoms with Crippen molar-refractivity contribution in [3.8, 4) is 11.8 Å². The minimum atomic E-state index is -0.706. The number of rotatable bonds is 7. The van der Waals surface area contributed by atoms with Crippen LogP contribution >= 0.6 is 0 Å². The summed E-state index contributed by atoms with van der Waals surface area (Å²) in [4.78, 5) is 43.4. The molecule has 2 aliphatic heterocycles. The van der Waals surface area contributed by atoms with Crippen molar-refractivity contribution in [2.75, 3.05) is 17.2 Å². The van der Waals surface area contributed by atoms with E-state index in [1.54, 1.807) is 18.5 Å². The molecule has 2 unspecified atom stereocenters. The minimum absolute atomic E-state index is 0.112. The number of benzene rings is 2. The molecule has 0 spiro atoms. The van der Waals surface area contributed by atoms with Gasteiger partial charge in [0.05, 0.1) is 6.04 Å². The summed E-state index contributed by atoms with van der Waals surface area (Å²) in [5.74, 6) is 5.56. The highest BCUT2D eigenvalue weighted by Crippen LogP contribution is 2.33. The maximum absolute atomic E-state index is 13.4. The zero-order chi connectivity index (χ0) is 30.6. The average Bonchev–Trinajstić information content (AvgIpc) is 3.62. The SMILES string of the molecule is CC(NC(=O)c1c(N)nn2cccnc12)C1=Cc2cccc(C#CCCNC(=O)C3CCC(=O)O3)c2CN1c1ccccc1. The van der Waals surface area contributed by atoms with Gasteiger partial charge in [0.1, 0.15) is 5.56 Å². The van der Waals surface area contributed by atoms with Gasteiger partial charge in [-0.25, -0.2) is 9.50 Å². The predicted molar refractivity (Wildman–Crippen MR) is 165 cm³/mol. The second-order valence-electron chi connectivity index (χ2n) is 10.6. The van der Waals surface area contributed by atoms with E-state index in [1.807, 2.05) is 55.5 Å². The summed E-state index contributed by atoms with van der Waals surface area (Å²) in [5.41, 5.74) is 11.6. The Balaban J connectivity index is 1.22. The number of para-hydroxylation sites is 1. The molecule has 0 saturated carbocycles. The molecule has 2 aromatic carbocycles. The Morgan fingerprint density at radius 1 is 1.16 bits per heavy atom. The number of anilines is 2. The van der Waals surface area contributed by atoms with Gasteiger partial charge in [-0.2, -0.15) is 0 Å². The number of fused-ring (bicyclic) bond motifs is 2. The zero-order valence-electron chi connectivity index (χ0n) is 24.1. The van der Waals surface area contributed by atoms with Gasteiger partial charge in [-0.1, -0.05) is 42.2 Å².